The molecule has 0 aliphatic heterocycles. The summed E-state index contributed by atoms with van der Waals surface area (Å²) >= 11 is 3.34. The van der Waals surface area contributed by atoms with Gasteiger partial charge in [-0.2, -0.15) is 0 Å². The van der Waals surface area contributed by atoms with Crippen LogP contribution in [-0.4, -0.2) is 10.9 Å². The van der Waals surface area contributed by atoms with Crippen molar-refractivity contribution in [3.63, 3.8) is 0 Å². The number of aromatic nitrogens is 1. The Morgan fingerprint density at radius 2 is 2.18 bits per heavy atom. The highest BCUT2D eigenvalue weighted by Gasteiger charge is 2.09. The minimum absolute atomic E-state index is 0.247. The highest BCUT2D eigenvalue weighted by Crippen LogP contribution is 2.17. The second-order valence-corrected chi connectivity index (χ2v) is 4.34. The molecule has 2 rings (SSSR count). The van der Waals surface area contributed by atoms with Crippen molar-refractivity contribution in [1.29, 1.82) is 0 Å². The zero-order valence-electron chi connectivity index (χ0n) is 8.85. The van der Waals surface area contributed by atoms with Crippen LogP contribution in [0.4, 0.5) is 11.4 Å². The van der Waals surface area contributed by atoms with Crippen molar-refractivity contribution in [2.45, 2.75) is 0 Å². The Morgan fingerprint density at radius 3 is 2.88 bits per heavy atom. The van der Waals surface area contributed by atoms with Crippen molar-refractivity contribution >= 4 is 33.2 Å². The molecule has 1 aromatic heterocycles. The van der Waals surface area contributed by atoms with Crippen LogP contribution in [0.3, 0.4) is 0 Å². The highest BCUT2D eigenvalue weighted by atomic mass is 79.9. The third-order valence-electron chi connectivity index (χ3n) is 2.18. The third-order valence-corrected chi connectivity index (χ3v) is 2.67. The summed E-state index contributed by atoms with van der Waals surface area (Å²) in [7, 11) is 0. The number of benzene rings is 1. The van der Waals surface area contributed by atoms with Gasteiger partial charge >= 0.3 is 0 Å². The van der Waals surface area contributed by atoms with E-state index in [1.807, 2.05) is 18.2 Å². The number of nitrogens with one attached hydrogen (secondary N) is 1. The van der Waals surface area contributed by atoms with Gasteiger partial charge in [-0.3, -0.25) is 9.78 Å². The number of pyridine rings is 1. The van der Waals surface area contributed by atoms with Crippen LogP contribution in [0.15, 0.2) is 47.2 Å². The molecule has 0 atom stereocenters. The Balaban J connectivity index is 2.20. The van der Waals surface area contributed by atoms with Crippen LogP contribution in [0.2, 0.25) is 0 Å². The van der Waals surface area contributed by atoms with Gasteiger partial charge in [-0.1, -0.05) is 22.0 Å². The average molecular weight is 292 g/mol. The number of carbonyl (C=O) groups is 1. The maximum atomic E-state index is 11.9. The summed E-state index contributed by atoms with van der Waals surface area (Å²) in [6.45, 7) is 0. The molecule has 0 aliphatic carbocycles. The zero-order valence-corrected chi connectivity index (χ0v) is 10.4. The second-order valence-electron chi connectivity index (χ2n) is 3.43. The predicted octanol–water partition coefficient (Wildman–Crippen LogP) is 2.68. The zero-order chi connectivity index (χ0) is 12.3. The molecular formula is C12H10BrN3O. The van der Waals surface area contributed by atoms with Crippen molar-refractivity contribution in [2.75, 3.05) is 11.1 Å². The number of carbonyl (C=O) groups excluding carboxylic acids is 1. The summed E-state index contributed by atoms with van der Waals surface area (Å²) < 4.78 is 0.901. The molecule has 0 saturated carbocycles. The van der Waals surface area contributed by atoms with E-state index in [9.17, 15) is 4.79 Å². The second kappa shape index (κ2) is 4.97. The minimum Gasteiger partial charge on any atom is -0.397 e. The molecule has 0 aliphatic rings. The van der Waals surface area contributed by atoms with E-state index in [2.05, 4.69) is 26.2 Å². The molecule has 4 nitrogen and oxygen atoms in total. The molecule has 0 fully saturated rings. The van der Waals surface area contributed by atoms with Gasteiger partial charge in [0, 0.05) is 16.4 Å². The summed E-state index contributed by atoms with van der Waals surface area (Å²) in [6, 6.07) is 8.93. The van der Waals surface area contributed by atoms with Crippen molar-refractivity contribution in [3.8, 4) is 0 Å². The minimum atomic E-state index is -0.247. The smallest absolute Gasteiger partial charge is 0.257 e. The van der Waals surface area contributed by atoms with Crippen molar-refractivity contribution < 1.29 is 4.79 Å². The molecule has 1 heterocycles. The summed E-state index contributed by atoms with van der Waals surface area (Å²) in [5.74, 6) is -0.247. The monoisotopic (exact) mass is 291 g/mol. The number of hydrogen-bond acceptors (Lipinski definition) is 3. The van der Waals surface area contributed by atoms with E-state index < -0.39 is 0 Å². The number of amides is 1. The molecule has 0 spiro atoms. The molecular weight excluding hydrogens is 282 g/mol. The first-order valence-electron chi connectivity index (χ1n) is 4.93. The molecule has 17 heavy (non-hydrogen) atoms. The first-order chi connectivity index (χ1) is 8.16. The number of halogens is 1. The number of hydrogen-bond donors (Lipinski definition) is 2. The molecule has 0 saturated heterocycles. The first kappa shape index (κ1) is 11.6. The van der Waals surface area contributed by atoms with E-state index in [1.54, 1.807) is 12.1 Å². The van der Waals surface area contributed by atoms with Crippen LogP contribution < -0.4 is 11.1 Å². The fourth-order valence-corrected chi connectivity index (χ4v) is 1.78. The van der Waals surface area contributed by atoms with Gasteiger partial charge < -0.3 is 11.1 Å². The Morgan fingerprint density at radius 1 is 1.35 bits per heavy atom. The van der Waals surface area contributed by atoms with Crippen molar-refractivity contribution in [2.24, 2.45) is 0 Å². The average Bonchev–Trinajstić information content (AvgIpc) is 2.29. The van der Waals surface area contributed by atoms with Gasteiger partial charge in [-0.05, 0) is 24.3 Å². The first-order valence-corrected chi connectivity index (χ1v) is 5.72. The lowest BCUT2D eigenvalue weighted by atomic mass is 10.2. The molecule has 86 valence electrons. The molecule has 0 unspecified atom stereocenters. The Hall–Kier alpha value is -1.88. The van der Waals surface area contributed by atoms with E-state index in [-0.39, 0.29) is 5.91 Å². The fourth-order valence-electron chi connectivity index (χ4n) is 1.38. The summed E-state index contributed by atoms with van der Waals surface area (Å²) in [5, 5.41) is 2.76. The SMILES string of the molecule is Nc1cnccc1C(=O)Nc1cccc(Br)c1. The Labute approximate surface area is 107 Å². The van der Waals surface area contributed by atoms with Crippen LogP contribution in [0, 0.1) is 0 Å². The molecule has 5 heteroatoms. The van der Waals surface area contributed by atoms with Gasteiger partial charge in [0.25, 0.3) is 5.91 Å². The van der Waals surface area contributed by atoms with Gasteiger partial charge in [0.1, 0.15) is 0 Å². The van der Waals surface area contributed by atoms with E-state index in [0.717, 1.165) is 4.47 Å². The van der Waals surface area contributed by atoms with Crippen molar-refractivity contribution in [1.82, 2.24) is 4.98 Å². The van der Waals surface area contributed by atoms with E-state index in [1.165, 1.54) is 12.4 Å². The largest absolute Gasteiger partial charge is 0.397 e. The van der Waals surface area contributed by atoms with Crippen LogP contribution in [-0.2, 0) is 0 Å². The van der Waals surface area contributed by atoms with Crippen LogP contribution >= 0.6 is 15.9 Å². The Kier molecular flexibility index (Phi) is 3.39. The number of rotatable bonds is 2. The number of nitrogen functional groups attached to an aromatic ring is 1. The van der Waals surface area contributed by atoms with Gasteiger partial charge in [0.2, 0.25) is 0 Å². The van der Waals surface area contributed by atoms with Crippen molar-refractivity contribution in [3.05, 3.63) is 52.8 Å². The van der Waals surface area contributed by atoms with Gasteiger partial charge in [0.15, 0.2) is 0 Å². The van der Waals surface area contributed by atoms with Gasteiger partial charge in [-0.25, -0.2) is 0 Å². The van der Waals surface area contributed by atoms with Crippen LogP contribution in [0.5, 0.6) is 0 Å². The molecule has 1 amide bonds. The lowest BCUT2D eigenvalue weighted by Gasteiger charge is -2.07. The van der Waals surface area contributed by atoms with E-state index in [4.69, 9.17) is 5.73 Å². The standard InChI is InChI=1S/C12H10BrN3O/c13-8-2-1-3-9(6-8)16-12(17)10-4-5-15-7-11(10)14/h1-7H,14H2,(H,16,17). The van der Waals surface area contributed by atoms with Crippen LogP contribution in [0.25, 0.3) is 0 Å². The van der Waals surface area contributed by atoms with Crippen LogP contribution in [0.1, 0.15) is 10.4 Å². The molecule has 2 aromatic rings. The third kappa shape index (κ3) is 2.82. The lowest BCUT2D eigenvalue weighted by molar-refractivity contribution is 0.102. The number of anilines is 2. The lowest BCUT2D eigenvalue weighted by Crippen LogP contribution is -2.14. The summed E-state index contributed by atoms with van der Waals surface area (Å²) in [5.41, 5.74) is 7.16. The summed E-state index contributed by atoms with van der Waals surface area (Å²) in [6.07, 6.45) is 2.99. The molecule has 3 N–H and O–H groups in total. The quantitative estimate of drug-likeness (QED) is 0.894. The molecule has 1 aromatic carbocycles. The van der Waals surface area contributed by atoms with Gasteiger partial charge in [0.05, 0.1) is 17.4 Å². The topological polar surface area (TPSA) is 68.0 Å². The maximum absolute atomic E-state index is 11.9. The number of nitrogens with zero attached hydrogens (tertiary/aromatic N) is 1. The fraction of sp³-hybridized carbons (Fsp3) is 0. The normalized spacial score (nSPS) is 9.94. The number of nitrogens with two attached hydrogens (primary N) is 1. The van der Waals surface area contributed by atoms with E-state index in [0.29, 0.717) is 16.9 Å². The molecule has 0 radical (unpaired) electrons. The predicted molar refractivity (Wildman–Crippen MR) is 70.7 cm³/mol. The summed E-state index contributed by atoms with van der Waals surface area (Å²) in [4.78, 5) is 15.7. The Bertz CT molecular complexity index is 557. The maximum Gasteiger partial charge on any atom is 0.257 e. The van der Waals surface area contributed by atoms with Gasteiger partial charge in [-0.15, -0.1) is 0 Å². The molecule has 0 bridgehead atoms. The van der Waals surface area contributed by atoms with E-state index >= 15 is 0 Å². The highest BCUT2D eigenvalue weighted by molar-refractivity contribution is 9.10.